The molecule has 4 aliphatic rings. The van der Waals surface area contributed by atoms with Gasteiger partial charge in [0.1, 0.15) is 24.4 Å². The highest BCUT2D eigenvalue weighted by atomic mass is 79.9. The highest BCUT2D eigenvalue weighted by Crippen LogP contribution is 2.58. The number of fused-ring (bicyclic) bond motifs is 2. The minimum Gasteiger partial charge on any atom is -0.463 e. The molecule has 4 heterocycles. The number of halogens is 1. The molecule has 238 valence electrons. The summed E-state index contributed by atoms with van der Waals surface area (Å²) in [5.41, 5.74) is -0.535. The second-order valence-electron chi connectivity index (χ2n) is 12.2. The number of likely N-dealkylation sites (tertiary alicyclic amines) is 1. The van der Waals surface area contributed by atoms with E-state index in [0.717, 1.165) is 18.4 Å². The van der Waals surface area contributed by atoms with Crippen LogP contribution < -0.4 is 5.32 Å². The van der Waals surface area contributed by atoms with E-state index in [1.807, 2.05) is 62.4 Å². The number of ether oxygens (including phenoxy) is 2. The van der Waals surface area contributed by atoms with Crippen molar-refractivity contribution >= 4 is 39.6 Å². The van der Waals surface area contributed by atoms with Gasteiger partial charge in [0.05, 0.1) is 17.9 Å². The Kier molecular flexibility index (Phi) is 10.3. The van der Waals surface area contributed by atoms with Crippen molar-refractivity contribution in [1.29, 1.82) is 0 Å². The number of nitrogens with zero attached hydrogens (tertiary/aromatic N) is 2. The van der Waals surface area contributed by atoms with E-state index in [0.29, 0.717) is 36.8 Å². The molecule has 2 saturated heterocycles. The lowest BCUT2D eigenvalue weighted by Crippen LogP contribution is -2.57. The summed E-state index contributed by atoms with van der Waals surface area (Å²) in [6.07, 6.45) is 8.40. The number of allylic oxidation sites excluding steroid dienone is 1. The van der Waals surface area contributed by atoms with Crippen LogP contribution in [0.4, 0.5) is 0 Å². The molecule has 6 atom stereocenters. The van der Waals surface area contributed by atoms with Gasteiger partial charge in [-0.1, -0.05) is 71.3 Å². The third kappa shape index (κ3) is 6.23. The Morgan fingerprint density at radius 1 is 1.05 bits per heavy atom. The number of rotatable bonds is 8. The maximum atomic E-state index is 14.5. The summed E-state index contributed by atoms with van der Waals surface area (Å²) in [7, 11) is 0. The number of aliphatic hydroxyl groups is 1. The van der Waals surface area contributed by atoms with Crippen LogP contribution in [-0.2, 0) is 28.7 Å². The van der Waals surface area contributed by atoms with E-state index in [9.17, 15) is 24.3 Å². The van der Waals surface area contributed by atoms with E-state index in [1.165, 1.54) is 0 Å². The molecule has 10 nitrogen and oxygen atoms in total. The van der Waals surface area contributed by atoms with Crippen molar-refractivity contribution in [2.75, 3.05) is 26.3 Å². The van der Waals surface area contributed by atoms with Crippen LogP contribution in [-0.4, -0.2) is 88.7 Å². The summed E-state index contributed by atoms with van der Waals surface area (Å²) in [4.78, 5) is 58.9. The third-order valence-electron chi connectivity index (χ3n) is 9.09. The molecular formula is C33H42BrN3O7. The Hall–Kier alpha value is -3.02. The normalized spacial score (nSPS) is 31.7. The molecule has 5 bridgehead atoms. The van der Waals surface area contributed by atoms with Gasteiger partial charge in [-0.25, -0.2) is 0 Å². The maximum absolute atomic E-state index is 14.5. The first-order valence-electron chi connectivity index (χ1n) is 15.6. The molecule has 44 heavy (non-hydrogen) atoms. The van der Waals surface area contributed by atoms with Gasteiger partial charge in [-0.2, -0.15) is 0 Å². The van der Waals surface area contributed by atoms with Crippen LogP contribution in [0.3, 0.4) is 0 Å². The van der Waals surface area contributed by atoms with Gasteiger partial charge in [-0.15, -0.1) is 0 Å². The predicted octanol–water partition coefficient (Wildman–Crippen LogP) is 3.40. The van der Waals surface area contributed by atoms with Crippen LogP contribution in [0.2, 0.25) is 0 Å². The Bertz CT molecular complexity index is 1300. The average Bonchev–Trinajstić information content (AvgIpc) is 3.59. The van der Waals surface area contributed by atoms with Gasteiger partial charge in [0, 0.05) is 36.6 Å². The Labute approximate surface area is 266 Å². The minimum absolute atomic E-state index is 0.0560. The monoisotopic (exact) mass is 671 g/mol. The summed E-state index contributed by atoms with van der Waals surface area (Å²) in [6.45, 7) is 4.55. The number of aliphatic hydroxyl groups excluding tert-OH is 1. The number of nitrogens with one attached hydrogen (secondary N) is 1. The molecule has 2 N–H and O–H groups in total. The average molecular weight is 673 g/mol. The lowest BCUT2D eigenvalue weighted by molar-refractivity contribution is -0.148. The van der Waals surface area contributed by atoms with Gasteiger partial charge < -0.3 is 29.7 Å². The second kappa shape index (κ2) is 14.0. The van der Waals surface area contributed by atoms with E-state index >= 15 is 0 Å². The minimum atomic E-state index is -1.30. The van der Waals surface area contributed by atoms with Gasteiger partial charge in [0.15, 0.2) is 0 Å². The van der Waals surface area contributed by atoms with Crippen LogP contribution in [0.25, 0.3) is 0 Å². The van der Waals surface area contributed by atoms with E-state index in [-0.39, 0.29) is 43.5 Å². The molecule has 2 fully saturated rings. The molecule has 1 spiro atoms. The lowest BCUT2D eigenvalue weighted by Gasteiger charge is -2.37. The van der Waals surface area contributed by atoms with Crippen LogP contribution >= 0.6 is 15.9 Å². The molecule has 0 aliphatic carbocycles. The second-order valence-corrected chi connectivity index (χ2v) is 13.2. The van der Waals surface area contributed by atoms with Crippen molar-refractivity contribution in [2.24, 2.45) is 11.8 Å². The standard InChI is InChI=1S/C33H42BrN3O7/c1-21(2)36-16-11-6-9-15-25(39)43-20-24(22-13-7-5-8-14-22)35-30(40)26-27-31(41)37(17-10-3-4-12-18-38)29(32(36)42)33(27)19-23(34)28(26)44-33/h5-8,11,13-14,19,21,24,26-29,38H,3-4,9-10,12,15-18,20H2,1-2H3,(H,35,40)/b11-6-/t24-,26-,27+,28-,29-,33+/m0/s1. The van der Waals surface area contributed by atoms with Crippen LogP contribution in [0.1, 0.15) is 64.0 Å². The molecule has 3 amide bonds. The van der Waals surface area contributed by atoms with Crippen molar-refractivity contribution in [3.63, 3.8) is 0 Å². The van der Waals surface area contributed by atoms with Gasteiger partial charge in [-0.3, -0.25) is 19.2 Å². The van der Waals surface area contributed by atoms with Crippen LogP contribution in [0.15, 0.2) is 53.0 Å². The topological polar surface area (TPSA) is 125 Å². The number of carbonyl (C=O) groups is 4. The predicted molar refractivity (Wildman–Crippen MR) is 166 cm³/mol. The molecule has 5 rings (SSSR count). The number of hydrogen-bond acceptors (Lipinski definition) is 7. The highest BCUT2D eigenvalue weighted by Gasteiger charge is 2.74. The molecule has 0 saturated carbocycles. The molecular weight excluding hydrogens is 630 g/mol. The van der Waals surface area contributed by atoms with Gasteiger partial charge in [0.2, 0.25) is 17.7 Å². The zero-order valence-corrected chi connectivity index (χ0v) is 26.9. The van der Waals surface area contributed by atoms with Gasteiger partial charge in [-0.05, 0) is 44.7 Å². The van der Waals surface area contributed by atoms with Gasteiger partial charge in [0.25, 0.3) is 0 Å². The van der Waals surface area contributed by atoms with Crippen molar-refractivity contribution in [3.8, 4) is 0 Å². The molecule has 1 aromatic carbocycles. The first kappa shape index (κ1) is 32.4. The van der Waals surface area contributed by atoms with Crippen LogP contribution in [0, 0.1) is 11.8 Å². The zero-order valence-electron chi connectivity index (χ0n) is 25.3. The smallest absolute Gasteiger partial charge is 0.306 e. The van der Waals surface area contributed by atoms with Crippen molar-refractivity contribution in [1.82, 2.24) is 15.1 Å². The van der Waals surface area contributed by atoms with Crippen molar-refractivity contribution in [3.05, 3.63) is 58.6 Å². The molecule has 4 aliphatic heterocycles. The fourth-order valence-corrected chi connectivity index (χ4v) is 7.66. The molecule has 0 radical (unpaired) electrons. The van der Waals surface area contributed by atoms with E-state index in [2.05, 4.69) is 21.2 Å². The number of amides is 3. The summed E-state index contributed by atoms with van der Waals surface area (Å²) in [6, 6.07) is 7.53. The Balaban J connectivity index is 1.54. The number of benzene rings is 1. The zero-order chi connectivity index (χ0) is 31.4. The Morgan fingerprint density at radius 2 is 1.80 bits per heavy atom. The molecule has 11 heteroatoms. The number of carbonyl (C=O) groups excluding carboxylic acids is 4. The summed E-state index contributed by atoms with van der Waals surface area (Å²) < 4.78 is 12.8. The van der Waals surface area contributed by atoms with Gasteiger partial charge >= 0.3 is 5.97 Å². The summed E-state index contributed by atoms with van der Waals surface area (Å²) in [5.74, 6) is -3.07. The highest BCUT2D eigenvalue weighted by molar-refractivity contribution is 9.11. The fourth-order valence-electron chi connectivity index (χ4n) is 6.93. The number of esters is 1. The molecule has 0 unspecified atom stereocenters. The fraction of sp³-hybridized carbons (Fsp3) is 0.576. The SMILES string of the molecule is CC(C)N1C/C=C\CCC(=O)OC[C@@H](c2ccccc2)NC(=O)[C@@H]2[C@H]3O[C@@]4(C=C3Br)[C@H](C1=O)N(CCCCCCO)C(=O)[C@@H]24. The van der Waals surface area contributed by atoms with E-state index in [4.69, 9.17) is 9.47 Å². The van der Waals surface area contributed by atoms with Crippen LogP contribution in [0.5, 0.6) is 0 Å². The first-order valence-corrected chi connectivity index (χ1v) is 16.4. The number of hydrogen-bond donors (Lipinski definition) is 2. The quantitative estimate of drug-likeness (QED) is 0.247. The van der Waals surface area contributed by atoms with Crippen molar-refractivity contribution in [2.45, 2.75) is 82.2 Å². The lowest BCUT2D eigenvalue weighted by atomic mass is 9.74. The molecule has 1 aromatic rings. The third-order valence-corrected chi connectivity index (χ3v) is 9.77. The van der Waals surface area contributed by atoms with E-state index < -0.39 is 41.5 Å². The molecule has 0 aromatic heterocycles. The number of cyclic esters (lactones) is 1. The van der Waals surface area contributed by atoms with Crippen molar-refractivity contribution < 1.29 is 33.8 Å². The number of unbranched alkanes of at least 4 members (excludes halogenated alkanes) is 3. The van der Waals surface area contributed by atoms with E-state index in [1.54, 1.807) is 9.80 Å². The first-order chi connectivity index (χ1) is 21.2. The Morgan fingerprint density at radius 3 is 2.52 bits per heavy atom. The maximum Gasteiger partial charge on any atom is 0.306 e. The summed E-state index contributed by atoms with van der Waals surface area (Å²) in [5, 5.41) is 12.2. The largest absolute Gasteiger partial charge is 0.463 e. The summed E-state index contributed by atoms with van der Waals surface area (Å²) >= 11 is 3.61.